The number of benzene rings is 2. The van der Waals surface area contributed by atoms with Crippen molar-refractivity contribution in [1.29, 1.82) is 10.5 Å². The molecule has 0 N–H and O–H groups in total. The zero-order valence-corrected chi connectivity index (χ0v) is 22.1. The Kier molecular flexibility index (Phi) is 9.94. The number of rotatable bonds is 10. The summed E-state index contributed by atoms with van der Waals surface area (Å²) in [7, 11) is 0. The van der Waals surface area contributed by atoms with Crippen LogP contribution in [0.25, 0.3) is 12.2 Å². The molecule has 37 heavy (non-hydrogen) atoms. The topological polar surface area (TPSA) is 63.3 Å². The molecule has 0 radical (unpaired) electrons. The van der Waals surface area contributed by atoms with Gasteiger partial charge in [0, 0.05) is 43.1 Å². The second-order valence-electron chi connectivity index (χ2n) is 8.44. The van der Waals surface area contributed by atoms with Gasteiger partial charge in [-0.25, -0.2) is 0 Å². The van der Waals surface area contributed by atoms with Gasteiger partial charge >= 0.3 is 0 Å². The molecule has 2 aromatic rings. The molecule has 0 amide bonds. The van der Waals surface area contributed by atoms with E-state index in [9.17, 15) is 10.5 Å². The summed E-state index contributed by atoms with van der Waals surface area (Å²) in [5.41, 5.74) is 5.03. The van der Waals surface area contributed by atoms with Crippen LogP contribution in [0.15, 0.2) is 95.5 Å². The Hall–Kier alpha value is -4.48. The zero-order valence-electron chi connectivity index (χ0n) is 22.1. The molecule has 0 aliphatic carbocycles. The van der Waals surface area contributed by atoms with E-state index >= 15 is 0 Å². The molecule has 1 heterocycles. The Bertz CT molecular complexity index is 1190. The molecular weight excluding hydrogens is 456 g/mol. The highest BCUT2D eigenvalue weighted by atomic mass is 16.5. The molecule has 0 aromatic heterocycles. The standard InChI is InChI=1S/C32H34N4O/c1-5-35(6-2)29-15-9-25(10-16-29)13-19-31-21-27(28(23-33)24-34)22-32(37-31)20-14-26-11-17-30(18-12-26)36(7-3)8-4/h9-22H,5-8H2,1-4H3/b19-13+,20-14+. The third-order valence-electron chi connectivity index (χ3n) is 6.27. The lowest BCUT2D eigenvalue weighted by molar-refractivity contribution is 0.332. The minimum atomic E-state index is 0.0484. The summed E-state index contributed by atoms with van der Waals surface area (Å²) in [6, 6.07) is 20.7. The predicted molar refractivity (Wildman–Crippen MR) is 154 cm³/mol. The number of hydrogen-bond acceptors (Lipinski definition) is 5. The van der Waals surface area contributed by atoms with Crippen LogP contribution in [0.1, 0.15) is 38.8 Å². The molecule has 0 fully saturated rings. The average Bonchev–Trinajstić information content (AvgIpc) is 2.94. The van der Waals surface area contributed by atoms with E-state index in [0.717, 1.165) is 37.3 Å². The van der Waals surface area contributed by atoms with Crippen molar-refractivity contribution in [2.45, 2.75) is 27.7 Å². The summed E-state index contributed by atoms with van der Waals surface area (Å²) in [4.78, 5) is 4.59. The first-order valence-electron chi connectivity index (χ1n) is 12.8. The van der Waals surface area contributed by atoms with E-state index in [1.54, 1.807) is 12.2 Å². The van der Waals surface area contributed by atoms with Crippen molar-refractivity contribution in [3.05, 3.63) is 107 Å². The summed E-state index contributed by atoms with van der Waals surface area (Å²) in [6.07, 6.45) is 11.1. The van der Waals surface area contributed by atoms with Crippen LogP contribution in [0.2, 0.25) is 0 Å². The monoisotopic (exact) mass is 490 g/mol. The first kappa shape index (κ1) is 27.1. The van der Waals surface area contributed by atoms with Crippen molar-refractivity contribution in [3.63, 3.8) is 0 Å². The number of nitrogens with zero attached hydrogens (tertiary/aromatic N) is 4. The van der Waals surface area contributed by atoms with Crippen molar-refractivity contribution in [2.75, 3.05) is 36.0 Å². The molecular formula is C32H34N4O. The average molecular weight is 491 g/mol. The molecule has 1 aliphatic heterocycles. The summed E-state index contributed by atoms with van der Waals surface area (Å²) < 4.78 is 6.07. The van der Waals surface area contributed by atoms with Gasteiger partial charge in [-0.1, -0.05) is 36.4 Å². The third-order valence-corrected chi connectivity index (χ3v) is 6.27. The van der Waals surface area contributed by atoms with E-state index in [1.807, 2.05) is 36.4 Å². The van der Waals surface area contributed by atoms with E-state index in [1.165, 1.54) is 11.4 Å². The molecule has 0 saturated heterocycles. The SMILES string of the molecule is CCN(CC)c1ccc(/C=C/C2=CC(=C(C#N)C#N)C=C(/C=C/c3ccc(N(CC)CC)cc3)O2)cc1. The van der Waals surface area contributed by atoms with Gasteiger partial charge in [-0.3, -0.25) is 0 Å². The van der Waals surface area contributed by atoms with Crippen LogP contribution < -0.4 is 9.80 Å². The van der Waals surface area contributed by atoms with E-state index in [0.29, 0.717) is 17.1 Å². The first-order chi connectivity index (χ1) is 18.0. The van der Waals surface area contributed by atoms with Crippen molar-refractivity contribution in [2.24, 2.45) is 0 Å². The molecule has 0 saturated carbocycles. The van der Waals surface area contributed by atoms with Gasteiger partial charge in [-0.15, -0.1) is 0 Å². The van der Waals surface area contributed by atoms with Crippen LogP contribution in [0, 0.1) is 22.7 Å². The Labute approximate surface area is 221 Å². The van der Waals surface area contributed by atoms with Crippen LogP contribution in [-0.2, 0) is 4.74 Å². The maximum atomic E-state index is 9.42. The van der Waals surface area contributed by atoms with E-state index in [4.69, 9.17) is 4.74 Å². The van der Waals surface area contributed by atoms with Gasteiger partial charge in [0.05, 0.1) is 0 Å². The Balaban J connectivity index is 1.81. The van der Waals surface area contributed by atoms with Gasteiger partial charge in [-0.05, 0) is 87.4 Å². The lowest BCUT2D eigenvalue weighted by atomic mass is 10.1. The Morgan fingerprint density at radius 1 is 0.649 bits per heavy atom. The van der Waals surface area contributed by atoms with E-state index < -0.39 is 0 Å². The fourth-order valence-electron chi connectivity index (χ4n) is 4.13. The second kappa shape index (κ2) is 13.6. The highest BCUT2D eigenvalue weighted by molar-refractivity contribution is 5.62. The fraction of sp³-hybridized carbons (Fsp3) is 0.250. The van der Waals surface area contributed by atoms with Crippen molar-refractivity contribution in [3.8, 4) is 12.1 Å². The van der Waals surface area contributed by atoms with Crippen LogP contribution >= 0.6 is 0 Å². The van der Waals surface area contributed by atoms with Gasteiger partial charge in [-0.2, -0.15) is 10.5 Å². The van der Waals surface area contributed by atoms with Crippen LogP contribution in [0.5, 0.6) is 0 Å². The van der Waals surface area contributed by atoms with Gasteiger partial charge in [0.25, 0.3) is 0 Å². The van der Waals surface area contributed by atoms with Crippen LogP contribution in [0.4, 0.5) is 11.4 Å². The van der Waals surface area contributed by atoms with Gasteiger partial charge in [0.2, 0.25) is 0 Å². The van der Waals surface area contributed by atoms with Crippen LogP contribution in [-0.4, -0.2) is 26.2 Å². The second-order valence-corrected chi connectivity index (χ2v) is 8.44. The van der Waals surface area contributed by atoms with Crippen molar-refractivity contribution < 1.29 is 4.74 Å². The largest absolute Gasteiger partial charge is 0.457 e. The molecule has 5 nitrogen and oxygen atoms in total. The molecule has 2 aromatic carbocycles. The molecule has 188 valence electrons. The van der Waals surface area contributed by atoms with Crippen LogP contribution in [0.3, 0.4) is 0 Å². The smallest absolute Gasteiger partial charge is 0.137 e. The molecule has 3 rings (SSSR count). The summed E-state index contributed by atoms with van der Waals surface area (Å²) in [5.74, 6) is 1.12. The normalized spacial score (nSPS) is 13.0. The van der Waals surface area contributed by atoms with E-state index in [-0.39, 0.29) is 5.57 Å². The maximum absolute atomic E-state index is 9.42. The number of allylic oxidation sites excluding steroid dienone is 6. The van der Waals surface area contributed by atoms with Crippen molar-refractivity contribution >= 4 is 23.5 Å². The van der Waals surface area contributed by atoms with Gasteiger partial charge in [0.1, 0.15) is 29.2 Å². The zero-order chi connectivity index (χ0) is 26.6. The molecule has 0 atom stereocenters. The molecule has 0 bridgehead atoms. The molecule has 0 spiro atoms. The number of anilines is 2. The van der Waals surface area contributed by atoms with Gasteiger partial charge in [0.15, 0.2) is 0 Å². The van der Waals surface area contributed by atoms with Crippen molar-refractivity contribution in [1.82, 2.24) is 0 Å². The summed E-state index contributed by atoms with van der Waals surface area (Å²) in [5, 5.41) is 18.8. The van der Waals surface area contributed by atoms with Gasteiger partial charge < -0.3 is 14.5 Å². The quantitative estimate of drug-likeness (QED) is 0.328. The lowest BCUT2D eigenvalue weighted by Gasteiger charge is -2.21. The molecule has 1 aliphatic rings. The predicted octanol–water partition coefficient (Wildman–Crippen LogP) is 7.25. The first-order valence-corrected chi connectivity index (χ1v) is 12.8. The van der Waals surface area contributed by atoms with E-state index in [2.05, 4.69) is 86.0 Å². The lowest BCUT2D eigenvalue weighted by Crippen LogP contribution is -2.21. The Morgan fingerprint density at radius 2 is 1.03 bits per heavy atom. The third kappa shape index (κ3) is 7.26. The highest BCUT2D eigenvalue weighted by Crippen LogP contribution is 2.25. The molecule has 5 heteroatoms. The fourth-order valence-corrected chi connectivity index (χ4v) is 4.13. The number of nitriles is 2. The Morgan fingerprint density at radius 3 is 1.35 bits per heavy atom. The molecule has 0 unspecified atom stereocenters. The minimum absolute atomic E-state index is 0.0484. The summed E-state index contributed by atoms with van der Waals surface area (Å²) >= 11 is 0. The number of hydrogen-bond donors (Lipinski definition) is 0. The minimum Gasteiger partial charge on any atom is -0.457 e. The number of ether oxygens (including phenoxy) is 1. The summed E-state index contributed by atoms with van der Waals surface area (Å²) in [6.45, 7) is 12.4. The maximum Gasteiger partial charge on any atom is 0.137 e. The highest BCUT2D eigenvalue weighted by Gasteiger charge is 2.12.